The number of amides is 1. The van der Waals surface area contributed by atoms with Gasteiger partial charge in [-0.15, -0.1) is 0 Å². The number of hydrogen-bond donors (Lipinski definition) is 1. The Morgan fingerprint density at radius 2 is 1.71 bits per heavy atom. The van der Waals surface area contributed by atoms with Crippen molar-refractivity contribution in [3.8, 4) is 0 Å². The lowest BCUT2D eigenvalue weighted by Gasteiger charge is -2.30. The first-order valence-corrected chi connectivity index (χ1v) is 7.97. The van der Waals surface area contributed by atoms with Crippen molar-refractivity contribution in [3.63, 3.8) is 0 Å². The van der Waals surface area contributed by atoms with E-state index < -0.39 is 5.97 Å². The van der Waals surface area contributed by atoms with Crippen LogP contribution in [-0.2, 0) is 9.59 Å². The van der Waals surface area contributed by atoms with E-state index in [-0.39, 0.29) is 17.9 Å². The molecule has 1 aliphatic rings. The molecular formula is C16H30N2O3. The van der Waals surface area contributed by atoms with Gasteiger partial charge in [-0.05, 0) is 31.7 Å². The Labute approximate surface area is 128 Å². The van der Waals surface area contributed by atoms with Crippen LogP contribution in [0.3, 0.4) is 0 Å². The van der Waals surface area contributed by atoms with Crippen LogP contribution in [0.15, 0.2) is 0 Å². The maximum absolute atomic E-state index is 12.5. The fourth-order valence-corrected chi connectivity index (χ4v) is 2.99. The molecule has 5 nitrogen and oxygen atoms in total. The quantitative estimate of drug-likeness (QED) is 0.780. The summed E-state index contributed by atoms with van der Waals surface area (Å²) in [6, 6.07) is -0.0635. The van der Waals surface area contributed by atoms with Gasteiger partial charge >= 0.3 is 5.97 Å². The zero-order chi connectivity index (χ0) is 16.2. The third-order valence-electron chi connectivity index (χ3n) is 4.06. The number of carboxylic acids is 1. The van der Waals surface area contributed by atoms with Gasteiger partial charge in [-0.25, -0.2) is 0 Å². The largest absolute Gasteiger partial charge is 0.481 e. The fraction of sp³-hybridized carbons (Fsp3) is 0.875. The van der Waals surface area contributed by atoms with Crippen LogP contribution in [0.1, 0.15) is 41.0 Å². The Balaban J connectivity index is 2.62. The van der Waals surface area contributed by atoms with Crippen LogP contribution in [0, 0.1) is 17.8 Å². The van der Waals surface area contributed by atoms with Crippen molar-refractivity contribution in [1.29, 1.82) is 0 Å². The molecule has 5 heteroatoms. The molecule has 1 N–H and O–H groups in total. The second-order valence-electron chi connectivity index (χ2n) is 7.03. The van der Waals surface area contributed by atoms with E-state index in [1.54, 1.807) is 0 Å². The summed E-state index contributed by atoms with van der Waals surface area (Å²) in [7, 11) is 0. The third-order valence-corrected chi connectivity index (χ3v) is 4.06. The first-order chi connectivity index (χ1) is 9.72. The van der Waals surface area contributed by atoms with E-state index >= 15 is 0 Å². The van der Waals surface area contributed by atoms with Crippen LogP contribution in [0.2, 0.25) is 0 Å². The molecule has 2 atom stereocenters. The van der Waals surface area contributed by atoms with Crippen molar-refractivity contribution in [3.05, 3.63) is 0 Å². The second kappa shape index (κ2) is 7.78. The molecule has 1 amide bonds. The Hall–Kier alpha value is -1.10. The minimum absolute atomic E-state index is 0.0635. The van der Waals surface area contributed by atoms with Crippen LogP contribution in [-0.4, -0.2) is 59.0 Å². The maximum atomic E-state index is 12.5. The van der Waals surface area contributed by atoms with Gasteiger partial charge in [0.1, 0.15) is 0 Å². The lowest BCUT2D eigenvalue weighted by Crippen LogP contribution is -2.45. The van der Waals surface area contributed by atoms with Gasteiger partial charge in [0.05, 0.1) is 12.5 Å². The van der Waals surface area contributed by atoms with Gasteiger partial charge in [-0.2, -0.15) is 0 Å². The monoisotopic (exact) mass is 298 g/mol. The van der Waals surface area contributed by atoms with Gasteiger partial charge in [0, 0.05) is 19.1 Å². The van der Waals surface area contributed by atoms with E-state index in [1.165, 1.54) is 0 Å². The minimum Gasteiger partial charge on any atom is -0.481 e. The molecule has 0 aliphatic carbocycles. The number of carbonyl (C=O) groups excluding carboxylic acids is 1. The molecule has 1 heterocycles. The zero-order valence-electron chi connectivity index (χ0n) is 14.0. The van der Waals surface area contributed by atoms with Crippen LogP contribution in [0.4, 0.5) is 0 Å². The summed E-state index contributed by atoms with van der Waals surface area (Å²) in [5, 5.41) is 9.16. The molecule has 1 aliphatic heterocycles. The highest BCUT2D eigenvalue weighted by molar-refractivity contribution is 5.78. The number of aliphatic carboxylic acids is 1. The number of carboxylic acid groups (broad SMARTS) is 1. The Morgan fingerprint density at radius 3 is 2.10 bits per heavy atom. The van der Waals surface area contributed by atoms with Crippen molar-refractivity contribution < 1.29 is 14.7 Å². The Bertz CT molecular complexity index is 359. The van der Waals surface area contributed by atoms with Crippen LogP contribution < -0.4 is 0 Å². The molecule has 1 rings (SSSR count). The molecule has 2 unspecified atom stereocenters. The van der Waals surface area contributed by atoms with Crippen molar-refractivity contribution in [2.45, 2.75) is 47.1 Å². The number of hydrogen-bond acceptors (Lipinski definition) is 3. The molecule has 0 aromatic carbocycles. The average Bonchev–Trinajstić information content (AvgIpc) is 2.69. The molecule has 1 fully saturated rings. The first-order valence-electron chi connectivity index (χ1n) is 7.97. The zero-order valence-corrected chi connectivity index (χ0v) is 14.0. The number of likely N-dealkylation sites (tertiary alicyclic amines) is 1. The number of carbonyl (C=O) groups is 2. The van der Waals surface area contributed by atoms with E-state index in [9.17, 15) is 9.59 Å². The molecule has 0 radical (unpaired) electrons. The summed E-state index contributed by atoms with van der Waals surface area (Å²) in [5.41, 5.74) is 0. The van der Waals surface area contributed by atoms with E-state index in [2.05, 4.69) is 27.7 Å². The van der Waals surface area contributed by atoms with E-state index in [4.69, 9.17) is 5.11 Å². The summed E-state index contributed by atoms with van der Waals surface area (Å²) in [6.45, 7) is 12.9. The van der Waals surface area contributed by atoms with Crippen molar-refractivity contribution in [2.24, 2.45) is 17.8 Å². The summed E-state index contributed by atoms with van der Waals surface area (Å²) < 4.78 is 0. The van der Waals surface area contributed by atoms with E-state index in [0.717, 1.165) is 13.1 Å². The standard InChI is InChI=1S/C16H30N2O3/c1-11(2)8-18(9-12(3)4)15(19)10-17-7-6-14(13(17)5)16(20)21/h11-14H,6-10H2,1-5H3,(H,20,21). The number of rotatable bonds is 7. The predicted octanol–water partition coefficient (Wildman–Crippen LogP) is 1.92. The van der Waals surface area contributed by atoms with Gasteiger partial charge < -0.3 is 10.0 Å². The Morgan fingerprint density at radius 1 is 1.19 bits per heavy atom. The number of nitrogens with zero attached hydrogens (tertiary/aromatic N) is 2. The highest BCUT2D eigenvalue weighted by atomic mass is 16.4. The molecule has 0 aromatic heterocycles. The molecule has 122 valence electrons. The lowest BCUT2D eigenvalue weighted by molar-refractivity contribution is -0.143. The van der Waals surface area contributed by atoms with Crippen LogP contribution in [0.25, 0.3) is 0 Å². The van der Waals surface area contributed by atoms with E-state index in [1.807, 2.05) is 16.7 Å². The molecule has 0 bridgehead atoms. The van der Waals surface area contributed by atoms with Crippen molar-refractivity contribution >= 4 is 11.9 Å². The van der Waals surface area contributed by atoms with Crippen molar-refractivity contribution in [2.75, 3.05) is 26.2 Å². The minimum atomic E-state index is -0.751. The van der Waals surface area contributed by atoms with Gasteiger partial charge in [-0.3, -0.25) is 14.5 Å². The smallest absolute Gasteiger partial charge is 0.308 e. The van der Waals surface area contributed by atoms with Gasteiger partial charge in [0.25, 0.3) is 0 Å². The fourth-order valence-electron chi connectivity index (χ4n) is 2.99. The highest BCUT2D eigenvalue weighted by Crippen LogP contribution is 2.24. The highest BCUT2D eigenvalue weighted by Gasteiger charge is 2.36. The molecular weight excluding hydrogens is 268 g/mol. The van der Waals surface area contributed by atoms with Crippen molar-refractivity contribution in [1.82, 2.24) is 9.80 Å². The Kier molecular flexibility index (Phi) is 6.65. The molecule has 0 saturated carbocycles. The second-order valence-corrected chi connectivity index (χ2v) is 7.03. The third kappa shape index (κ3) is 5.30. The summed E-state index contributed by atoms with van der Waals surface area (Å²) in [5.74, 6) is -0.0960. The van der Waals surface area contributed by atoms with Gasteiger partial charge in [-0.1, -0.05) is 27.7 Å². The molecule has 0 aromatic rings. The predicted molar refractivity (Wildman–Crippen MR) is 83.0 cm³/mol. The topological polar surface area (TPSA) is 60.9 Å². The molecule has 21 heavy (non-hydrogen) atoms. The summed E-state index contributed by atoms with van der Waals surface area (Å²) in [6.07, 6.45) is 0.637. The SMILES string of the molecule is CC(C)CN(CC(C)C)C(=O)CN1CCC(C(=O)O)C1C. The maximum Gasteiger partial charge on any atom is 0.308 e. The molecule has 1 saturated heterocycles. The van der Waals surface area contributed by atoms with Gasteiger partial charge in [0.2, 0.25) is 5.91 Å². The summed E-state index contributed by atoms with van der Waals surface area (Å²) in [4.78, 5) is 27.6. The van der Waals surface area contributed by atoms with Gasteiger partial charge in [0.15, 0.2) is 0 Å². The first kappa shape index (κ1) is 18.0. The molecule has 0 spiro atoms. The van der Waals surface area contributed by atoms with Crippen LogP contribution >= 0.6 is 0 Å². The van der Waals surface area contributed by atoms with E-state index in [0.29, 0.717) is 31.3 Å². The normalized spacial score (nSPS) is 23.0. The average molecular weight is 298 g/mol. The summed E-state index contributed by atoms with van der Waals surface area (Å²) >= 11 is 0. The lowest BCUT2D eigenvalue weighted by atomic mass is 10.0. The van der Waals surface area contributed by atoms with Crippen LogP contribution in [0.5, 0.6) is 0 Å².